The second-order valence-electron chi connectivity index (χ2n) is 5.41. The highest BCUT2D eigenvalue weighted by Crippen LogP contribution is 2.37. The molecule has 4 nitrogen and oxygen atoms in total. The molecule has 1 fully saturated rings. The number of nitrogens with one attached hydrogen (secondary N) is 1. The molecule has 1 saturated heterocycles. The number of piperidine rings is 1. The molecule has 4 heteroatoms. The molecule has 0 unspecified atom stereocenters. The van der Waals surface area contributed by atoms with Crippen LogP contribution in [-0.2, 0) is 5.41 Å². The average molecular weight is 244 g/mol. The third-order valence-corrected chi connectivity index (χ3v) is 4.39. The maximum Gasteiger partial charge on any atom is 0.0488 e. The van der Waals surface area contributed by atoms with Crippen molar-refractivity contribution < 1.29 is 0 Å². The highest BCUT2D eigenvalue weighted by Gasteiger charge is 2.35. The summed E-state index contributed by atoms with van der Waals surface area (Å²) in [5.74, 6) is 0. The molecule has 0 atom stereocenters. The first-order valence-corrected chi connectivity index (χ1v) is 6.55. The number of pyridine rings is 1. The van der Waals surface area contributed by atoms with Gasteiger partial charge in [0.2, 0.25) is 0 Å². The number of nitrogens with zero attached hydrogens (tertiary/aromatic N) is 2. The molecule has 1 aliphatic heterocycles. The van der Waals surface area contributed by atoms with E-state index >= 15 is 0 Å². The third kappa shape index (κ3) is 1.72. The highest BCUT2D eigenvalue weighted by atomic mass is 15.1. The Morgan fingerprint density at radius 2 is 2.22 bits per heavy atom. The van der Waals surface area contributed by atoms with Gasteiger partial charge < -0.3 is 15.6 Å². The van der Waals surface area contributed by atoms with Crippen molar-refractivity contribution in [3.63, 3.8) is 0 Å². The van der Waals surface area contributed by atoms with Gasteiger partial charge in [-0.15, -0.1) is 0 Å². The van der Waals surface area contributed by atoms with Crippen LogP contribution in [0.5, 0.6) is 0 Å². The largest absolute Gasteiger partial charge is 0.361 e. The number of aromatic amines is 1. The SMILES string of the molecule is CN1CCC(CN)(c2c[nH]c3ccncc23)CC1. The molecule has 96 valence electrons. The Hall–Kier alpha value is -1.39. The quantitative estimate of drug-likeness (QED) is 0.841. The molecule has 0 amide bonds. The van der Waals surface area contributed by atoms with Crippen LogP contribution in [0.4, 0.5) is 0 Å². The fraction of sp³-hybridized carbons (Fsp3) is 0.500. The van der Waals surface area contributed by atoms with Gasteiger partial charge in [-0.3, -0.25) is 4.98 Å². The van der Waals surface area contributed by atoms with Crippen molar-refractivity contribution in [2.24, 2.45) is 5.73 Å². The summed E-state index contributed by atoms with van der Waals surface area (Å²) < 4.78 is 0. The molecular formula is C14H20N4. The second kappa shape index (κ2) is 4.37. The Morgan fingerprint density at radius 3 is 2.94 bits per heavy atom. The van der Waals surface area contributed by atoms with E-state index in [1.807, 2.05) is 18.5 Å². The monoisotopic (exact) mass is 244 g/mol. The Kier molecular flexibility index (Phi) is 2.84. The molecule has 3 rings (SSSR count). The molecule has 0 spiro atoms. The van der Waals surface area contributed by atoms with Gasteiger partial charge in [-0.1, -0.05) is 0 Å². The van der Waals surface area contributed by atoms with Crippen LogP contribution in [0.1, 0.15) is 18.4 Å². The van der Waals surface area contributed by atoms with Crippen LogP contribution in [0.2, 0.25) is 0 Å². The van der Waals surface area contributed by atoms with Crippen LogP contribution >= 0.6 is 0 Å². The fourth-order valence-electron chi connectivity index (χ4n) is 3.03. The Bertz CT molecular complexity index is 537. The summed E-state index contributed by atoms with van der Waals surface area (Å²) in [5.41, 5.74) is 8.74. The lowest BCUT2D eigenvalue weighted by molar-refractivity contribution is 0.193. The molecule has 2 aromatic rings. The van der Waals surface area contributed by atoms with E-state index in [-0.39, 0.29) is 5.41 Å². The second-order valence-corrected chi connectivity index (χ2v) is 5.41. The maximum absolute atomic E-state index is 6.11. The summed E-state index contributed by atoms with van der Waals surface area (Å²) in [6.07, 6.45) is 8.16. The summed E-state index contributed by atoms with van der Waals surface area (Å²) in [5, 5.41) is 1.23. The van der Waals surface area contributed by atoms with E-state index in [0.29, 0.717) is 6.54 Å². The van der Waals surface area contributed by atoms with Gasteiger partial charge in [0.15, 0.2) is 0 Å². The number of H-pyrrole nitrogens is 1. The average Bonchev–Trinajstić information content (AvgIpc) is 2.85. The van der Waals surface area contributed by atoms with Crippen molar-refractivity contribution in [2.45, 2.75) is 18.3 Å². The zero-order valence-electron chi connectivity index (χ0n) is 10.8. The summed E-state index contributed by atoms with van der Waals surface area (Å²) >= 11 is 0. The van der Waals surface area contributed by atoms with E-state index in [0.717, 1.165) is 31.4 Å². The minimum atomic E-state index is 0.119. The van der Waals surface area contributed by atoms with Gasteiger partial charge in [-0.2, -0.15) is 0 Å². The van der Waals surface area contributed by atoms with E-state index in [9.17, 15) is 0 Å². The molecule has 0 aliphatic carbocycles. The molecule has 0 bridgehead atoms. The van der Waals surface area contributed by atoms with Crippen LogP contribution in [0, 0.1) is 0 Å². The molecule has 3 N–H and O–H groups in total. The topological polar surface area (TPSA) is 57.9 Å². The third-order valence-electron chi connectivity index (χ3n) is 4.39. The molecule has 0 aromatic carbocycles. The van der Waals surface area contributed by atoms with Gasteiger partial charge in [0, 0.05) is 41.5 Å². The van der Waals surface area contributed by atoms with Crippen LogP contribution < -0.4 is 5.73 Å². The highest BCUT2D eigenvalue weighted by molar-refractivity contribution is 5.83. The summed E-state index contributed by atoms with van der Waals surface area (Å²) in [6, 6.07) is 2.03. The Labute approximate surface area is 107 Å². The van der Waals surface area contributed by atoms with Crippen molar-refractivity contribution in [2.75, 3.05) is 26.7 Å². The lowest BCUT2D eigenvalue weighted by Gasteiger charge is -2.40. The first-order valence-electron chi connectivity index (χ1n) is 6.55. The summed E-state index contributed by atoms with van der Waals surface area (Å²) in [6.45, 7) is 2.94. The van der Waals surface area contributed by atoms with Gasteiger partial charge in [0.05, 0.1) is 0 Å². The summed E-state index contributed by atoms with van der Waals surface area (Å²) in [4.78, 5) is 9.97. The zero-order valence-corrected chi connectivity index (χ0v) is 10.8. The number of aromatic nitrogens is 2. The minimum Gasteiger partial charge on any atom is -0.361 e. The van der Waals surface area contributed by atoms with Crippen molar-refractivity contribution in [3.8, 4) is 0 Å². The molecule has 2 aromatic heterocycles. The normalized spacial score (nSPS) is 20.3. The molecule has 18 heavy (non-hydrogen) atoms. The van der Waals surface area contributed by atoms with Crippen LogP contribution in [-0.4, -0.2) is 41.5 Å². The van der Waals surface area contributed by atoms with Crippen molar-refractivity contribution in [3.05, 3.63) is 30.2 Å². The van der Waals surface area contributed by atoms with E-state index in [4.69, 9.17) is 5.73 Å². The number of nitrogens with two attached hydrogens (primary N) is 1. The molecule has 0 radical (unpaired) electrons. The maximum atomic E-state index is 6.11. The first-order chi connectivity index (χ1) is 8.75. The van der Waals surface area contributed by atoms with Crippen molar-refractivity contribution in [1.29, 1.82) is 0 Å². The molecular weight excluding hydrogens is 224 g/mol. The van der Waals surface area contributed by atoms with Crippen molar-refractivity contribution in [1.82, 2.24) is 14.9 Å². The predicted molar refractivity (Wildman–Crippen MR) is 73.6 cm³/mol. The number of likely N-dealkylation sites (tertiary alicyclic amines) is 1. The van der Waals surface area contributed by atoms with Crippen LogP contribution in [0.15, 0.2) is 24.7 Å². The predicted octanol–water partition coefficient (Wildman–Crippen LogP) is 1.48. The molecule has 1 aliphatic rings. The van der Waals surface area contributed by atoms with Gasteiger partial charge >= 0.3 is 0 Å². The van der Waals surface area contributed by atoms with E-state index < -0.39 is 0 Å². The van der Waals surface area contributed by atoms with Gasteiger partial charge in [0.25, 0.3) is 0 Å². The smallest absolute Gasteiger partial charge is 0.0488 e. The Morgan fingerprint density at radius 1 is 1.44 bits per heavy atom. The lowest BCUT2D eigenvalue weighted by atomic mass is 9.73. The first kappa shape index (κ1) is 11.7. The zero-order chi connectivity index (χ0) is 12.6. The summed E-state index contributed by atoms with van der Waals surface area (Å²) in [7, 11) is 2.18. The number of hydrogen-bond donors (Lipinski definition) is 2. The number of hydrogen-bond acceptors (Lipinski definition) is 3. The molecule has 0 saturated carbocycles. The van der Waals surface area contributed by atoms with Gasteiger partial charge in [-0.05, 0) is 44.6 Å². The lowest BCUT2D eigenvalue weighted by Crippen LogP contribution is -2.45. The number of fused-ring (bicyclic) bond motifs is 1. The van der Waals surface area contributed by atoms with Gasteiger partial charge in [0.1, 0.15) is 0 Å². The van der Waals surface area contributed by atoms with Crippen molar-refractivity contribution >= 4 is 10.9 Å². The number of rotatable bonds is 2. The standard InChI is InChI=1S/C14H20N4/c1-18-6-3-14(10-15,4-7-18)12-9-17-13-2-5-16-8-11(12)13/h2,5,8-9,17H,3-4,6-7,10,15H2,1H3. The molecule has 3 heterocycles. The van der Waals surface area contributed by atoms with Crippen LogP contribution in [0.3, 0.4) is 0 Å². The fourth-order valence-corrected chi connectivity index (χ4v) is 3.03. The minimum absolute atomic E-state index is 0.119. The van der Waals surface area contributed by atoms with E-state index in [1.54, 1.807) is 0 Å². The van der Waals surface area contributed by atoms with Crippen LogP contribution in [0.25, 0.3) is 10.9 Å². The van der Waals surface area contributed by atoms with E-state index in [2.05, 4.69) is 28.1 Å². The Balaban J connectivity index is 2.06. The van der Waals surface area contributed by atoms with Gasteiger partial charge in [-0.25, -0.2) is 0 Å². The van der Waals surface area contributed by atoms with E-state index in [1.165, 1.54) is 10.9 Å².